The van der Waals surface area contributed by atoms with E-state index < -0.39 is 16.0 Å². The highest BCUT2D eigenvalue weighted by Crippen LogP contribution is 2.31. The van der Waals surface area contributed by atoms with E-state index in [4.69, 9.17) is 4.42 Å². The molecular weight excluding hydrogens is 294 g/mol. The Bertz CT molecular complexity index is 647. The molecule has 0 aliphatic heterocycles. The second-order valence-corrected chi connectivity index (χ2v) is 7.56. The molecule has 0 aromatic carbocycles. The van der Waals surface area contributed by atoms with Gasteiger partial charge in [0.2, 0.25) is 10.0 Å². The molecule has 2 atom stereocenters. The fourth-order valence-corrected chi connectivity index (χ4v) is 4.56. The Labute approximate surface area is 124 Å². The topological polar surface area (TPSA) is 96.6 Å². The van der Waals surface area contributed by atoms with Crippen LogP contribution in [0.5, 0.6) is 0 Å². The Balaban J connectivity index is 2.22. The van der Waals surface area contributed by atoms with E-state index in [1.807, 2.05) is 0 Å². The number of rotatable bonds is 5. The number of carboxylic acids is 1. The molecule has 0 saturated heterocycles. The van der Waals surface area contributed by atoms with Crippen molar-refractivity contribution in [2.75, 3.05) is 6.54 Å². The lowest BCUT2D eigenvalue weighted by Crippen LogP contribution is -2.30. The lowest BCUT2D eigenvalue weighted by atomic mass is 10.1. The van der Waals surface area contributed by atoms with Gasteiger partial charge in [0.1, 0.15) is 22.0 Å². The van der Waals surface area contributed by atoms with E-state index in [0.29, 0.717) is 18.4 Å². The number of sulfonamides is 1. The maximum Gasteiger partial charge on any atom is 0.340 e. The smallest absolute Gasteiger partial charge is 0.340 e. The molecule has 6 nitrogen and oxygen atoms in total. The van der Waals surface area contributed by atoms with Crippen molar-refractivity contribution in [2.24, 2.45) is 11.8 Å². The minimum Gasteiger partial charge on any atom is -0.478 e. The number of carboxylic acid groups (broad SMARTS) is 1. The number of aryl methyl sites for hydroxylation is 2. The van der Waals surface area contributed by atoms with Crippen LogP contribution in [0.2, 0.25) is 0 Å². The summed E-state index contributed by atoms with van der Waals surface area (Å²) in [5, 5.41) is 9.19. The Morgan fingerprint density at radius 1 is 1.33 bits per heavy atom. The van der Waals surface area contributed by atoms with E-state index in [9.17, 15) is 18.3 Å². The summed E-state index contributed by atoms with van der Waals surface area (Å²) in [6.07, 6.45) is 3.10. The predicted molar refractivity (Wildman–Crippen MR) is 76.8 cm³/mol. The second-order valence-electron chi connectivity index (χ2n) is 5.86. The summed E-state index contributed by atoms with van der Waals surface area (Å²) in [4.78, 5) is 11.0. The summed E-state index contributed by atoms with van der Waals surface area (Å²) < 4.78 is 32.5. The molecule has 1 aliphatic carbocycles. The second kappa shape index (κ2) is 5.81. The molecule has 1 fully saturated rings. The van der Waals surface area contributed by atoms with Gasteiger partial charge in [0.25, 0.3) is 0 Å². The summed E-state index contributed by atoms with van der Waals surface area (Å²) in [6.45, 7) is 5.41. The van der Waals surface area contributed by atoms with Gasteiger partial charge >= 0.3 is 5.97 Å². The third kappa shape index (κ3) is 3.29. The maximum absolute atomic E-state index is 12.4. The van der Waals surface area contributed by atoms with Gasteiger partial charge in [-0.15, -0.1) is 0 Å². The number of hydrogen-bond acceptors (Lipinski definition) is 4. The van der Waals surface area contributed by atoms with Crippen molar-refractivity contribution in [2.45, 2.75) is 44.9 Å². The summed E-state index contributed by atoms with van der Waals surface area (Å²) in [5.41, 5.74) is -0.278. The molecule has 21 heavy (non-hydrogen) atoms. The number of hydrogen-bond donors (Lipinski definition) is 2. The van der Waals surface area contributed by atoms with Gasteiger partial charge in [-0.05, 0) is 38.5 Å². The zero-order valence-corrected chi connectivity index (χ0v) is 13.3. The lowest BCUT2D eigenvalue weighted by molar-refractivity contribution is 0.0691. The summed E-state index contributed by atoms with van der Waals surface area (Å²) in [6, 6.07) is 0. The maximum atomic E-state index is 12.4. The normalized spacial score (nSPS) is 22.6. The molecule has 1 aromatic heterocycles. The lowest BCUT2D eigenvalue weighted by Gasteiger charge is -2.11. The van der Waals surface area contributed by atoms with E-state index in [-0.39, 0.29) is 22.0 Å². The average molecular weight is 315 g/mol. The van der Waals surface area contributed by atoms with Crippen molar-refractivity contribution in [3.63, 3.8) is 0 Å². The van der Waals surface area contributed by atoms with Crippen molar-refractivity contribution in [3.05, 3.63) is 17.1 Å². The first-order chi connectivity index (χ1) is 9.72. The first-order valence-corrected chi connectivity index (χ1v) is 8.53. The molecule has 0 bridgehead atoms. The van der Waals surface area contributed by atoms with Gasteiger partial charge in [-0.3, -0.25) is 0 Å². The molecule has 1 aromatic rings. The number of nitrogens with one attached hydrogen (secondary N) is 1. The highest BCUT2D eigenvalue weighted by molar-refractivity contribution is 7.89. The minimum atomic E-state index is -3.88. The van der Waals surface area contributed by atoms with E-state index in [0.717, 1.165) is 19.3 Å². The van der Waals surface area contributed by atoms with E-state index in [1.54, 1.807) is 0 Å². The van der Waals surface area contributed by atoms with Crippen LogP contribution >= 0.6 is 0 Å². The van der Waals surface area contributed by atoms with Crippen LogP contribution in [-0.4, -0.2) is 26.0 Å². The molecule has 2 N–H and O–H groups in total. The SMILES string of the molecule is Cc1oc(C)c(S(=O)(=O)NCC2CCC(C)C2)c1C(=O)O. The number of furan rings is 1. The zero-order chi connectivity index (χ0) is 15.8. The number of carbonyl (C=O) groups is 1. The van der Waals surface area contributed by atoms with Gasteiger partial charge in [-0.25, -0.2) is 17.9 Å². The van der Waals surface area contributed by atoms with Gasteiger partial charge in [-0.2, -0.15) is 0 Å². The molecule has 1 aliphatic rings. The Morgan fingerprint density at radius 2 is 2.00 bits per heavy atom. The highest BCUT2D eigenvalue weighted by Gasteiger charge is 2.31. The zero-order valence-electron chi connectivity index (χ0n) is 12.5. The van der Waals surface area contributed by atoms with E-state index in [2.05, 4.69) is 11.6 Å². The van der Waals surface area contributed by atoms with Crippen LogP contribution < -0.4 is 4.72 Å². The van der Waals surface area contributed by atoms with Gasteiger partial charge < -0.3 is 9.52 Å². The molecule has 0 amide bonds. The molecule has 7 heteroatoms. The molecule has 118 valence electrons. The largest absolute Gasteiger partial charge is 0.478 e. The van der Waals surface area contributed by atoms with Crippen molar-refractivity contribution in [3.8, 4) is 0 Å². The molecular formula is C14H21NO5S. The first kappa shape index (κ1) is 16.0. The van der Waals surface area contributed by atoms with Crippen molar-refractivity contribution < 1.29 is 22.7 Å². The van der Waals surface area contributed by atoms with Crippen LogP contribution in [0.3, 0.4) is 0 Å². The fourth-order valence-electron chi connectivity index (χ4n) is 3.04. The van der Waals surface area contributed by atoms with Gasteiger partial charge in [0.15, 0.2) is 0 Å². The van der Waals surface area contributed by atoms with Crippen LogP contribution in [0.1, 0.15) is 48.1 Å². The van der Waals surface area contributed by atoms with Crippen LogP contribution in [0.25, 0.3) is 0 Å². The third-order valence-corrected chi connectivity index (χ3v) is 5.63. The van der Waals surface area contributed by atoms with Gasteiger partial charge in [-0.1, -0.05) is 13.3 Å². The molecule has 0 radical (unpaired) electrons. The number of aromatic carboxylic acids is 1. The predicted octanol–water partition coefficient (Wildman–Crippen LogP) is 2.31. The Hall–Kier alpha value is -1.34. The summed E-state index contributed by atoms with van der Waals surface area (Å²) in [7, 11) is -3.88. The average Bonchev–Trinajstić information content (AvgIpc) is 2.90. The van der Waals surface area contributed by atoms with Crippen LogP contribution in [-0.2, 0) is 10.0 Å². The molecule has 0 spiro atoms. The Morgan fingerprint density at radius 3 is 2.52 bits per heavy atom. The molecule has 1 saturated carbocycles. The summed E-state index contributed by atoms with van der Waals surface area (Å²) in [5.74, 6) is -0.144. The van der Waals surface area contributed by atoms with Crippen molar-refractivity contribution in [1.82, 2.24) is 4.72 Å². The van der Waals surface area contributed by atoms with Crippen molar-refractivity contribution in [1.29, 1.82) is 0 Å². The Kier molecular flexibility index (Phi) is 4.43. The van der Waals surface area contributed by atoms with E-state index in [1.165, 1.54) is 13.8 Å². The quantitative estimate of drug-likeness (QED) is 0.869. The minimum absolute atomic E-state index is 0.106. The highest BCUT2D eigenvalue weighted by atomic mass is 32.2. The molecule has 2 rings (SSSR count). The standard InChI is InChI=1S/C14H21NO5S/c1-8-4-5-11(6-8)7-15-21(18,19)13-10(3)20-9(2)12(13)14(16)17/h8,11,15H,4-7H2,1-3H3,(H,16,17). The van der Waals surface area contributed by atoms with Crippen LogP contribution in [0.4, 0.5) is 0 Å². The molecule has 1 heterocycles. The van der Waals surface area contributed by atoms with Gasteiger partial charge in [0, 0.05) is 6.54 Å². The van der Waals surface area contributed by atoms with Crippen LogP contribution in [0.15, 0.2) is 9.31 Å². The molecule has 2 unspecified atom stereocenters. The van der Waals surface area contributed by atoms with Crippen molar-refractivity contribution >= 4 is 16.0 Å². The van der Waals surface area contributed by atoms with Crippen LogP contribution in [0, 0.1) is 25.7 Å². The van der Waals surface area contributed by atoms with Gasteiger partial charge in [0.05, 0.1) is 0 Å². The monoisotopic (exact) mass is 315 g/mol. The third-order valence-electron chi connectivity index (χ3n) is 4.05. The van der Waals surface area contributed by atoms with E-state index >= 15 is 0 Å². The summed E-state index contributed by atoms with van der Waals surface area (Å²) >= 11 is 0. The fraction of sp³-hybridized carbons (Fsp3) is 0.643. The first-order valence-electron chi connectivity index (χ1n) is 7.05.